The van der Waals surface area contributed by atoms with E-state index in [1.54, 1.807) is 11.8 Å². The van der Waals surface area contributed by atoms with Crippen LogP contribution in [-0.4, -0.2) is 69.0 Å². The average molecular weight is 452 g/mol. The third kappa shape index (κ3) is 6.06. The summed E-state index contributed by atoms with van der Waals surface area (Å²) in [5, 5.41) is 0. The first-order valence-electron chi connectivity index (χ1n) is 11.3. The Bertz CT molecular complexity index is 850. The Morgan fingerprint density at radius 3 is 2.45 bits per heavy atom. The molecule has 1 N–H and O–H groups in total. The first-order chi connectivity index (χ1) is 14.7. The highest BCUT2D eigenvalue weighted by Crippen LogP contribution is 2.35. The molecule has 1 aromatic carbocycles. The fourth-order valence-electron chi connectivity index (χ4n) is 4.91. The van der Waals surface area contributed by atoms with Gasteiger partial charge < -0.3 is 9.64 Å². The number of hydrogen-bond donors (Lipinski definition) is 1. The molecule has 1 aliphatic heterocycles. The summed E-state index contributed by atoms with van der Waals surface area (Å²) in [5.74, 6) is 0.537. The topological polar surface area (TPSA) is 79.0 Å². The van der Waals surface area contributed by atoms with Gasteiger partial charge in [0.2, 0.25) is 5.91 Å². The molecule has 2 aliphatic rings. The van der Waals surface area contributed by atoms with Crippen LogP contribution in [0.1, 0.15) is 62.5 Å². The zero-order valence-corrected chi connectivity index (χ0v) is 20.0. The van der Waals surface area contributed by atoms with Gasteiger partial charge in [0.1, 0.15) is 0 Å². The number of piperidine rings is 1. The Morgan fingerprint density at radius 1 is 1.16 bits per heavy atom. The Balaban J connectivity index is 1.60. The lowest BCUT2D eigenvalue weighted by molar-refractivity contribution is -0.136. The SMILES string of the molecule is CC(=O)N1CCC[C@H](NS(=O)(=O)N(C)C)[C@@H]1COC1CCC(c2ccccc2C)CC1. The first-order valence-corrected chi connectivity index (χ1v) is 12.8. The van der Waals surface area contributed by atoms with Crippen molar-refractivity contribution in [2.24, 2.45) is 0 Å². The quantitative estimate of drug-likeness (QED) is 0.691. The molecule has 31 heavy (non-hydrogen) atoms. The summed E-state index contributed by atoms with van der Waals surface area (Å²) in [6, 6.07) is 7.98. The van der Waals surface area contributed by atoms with Crippen LogP contribution in [0.5, 0.6) is 0 Å². The predicted octanol–water partition coefficient (Wildman–Crippen LogP) is 2.81. The molecule has 2 fully saturated rings. The van der Waals surface area contributed by atoms with Crippen LogP contribution >= 0.6 is 0 Å². The largest absolute Gasteiger partial charge is 0.376 e. The summed E-state index contributed by atoms with van der Waals surface area (Å²) in [4.78, 5) is 14.0. The van der Waals surface area contributed by atoms with Crippen LogP contribution in [0, 0.1) is 6.92 Å². The minimum atomic E-state index is -3.58. The predicted molar refractivity (Wildman–Crippen MR) is 122 cm³/mol. The number of amides is 1. The highest BCUT2D eigenvalue weighted by Gasteiger charge is 2.37. The van der Waals surface area contributed by atoms with Gasteiger partial charge in [0.25, 0.3) is 10.2 Å². The average Bonchev–Trinajstić information content (AvgIpc) is 2.73. The van der Waals surface area contributed by atoms with Crippen LogP contribution in [-0.2, 0) is 19.7 Å². The standard InChI is InChI=1S/C23H37N3O4S/c1-17-8-5-6-9-21(17)19-11-13-20(14-12-19)30-16-23-22(24-31(28,29)25(3)4)10-7-15-26(23)18(2)27/h5-6,8-9,19-20,22-24H,7,10-16H2,1-4H3/t19?,20?,22-,23-/m0/s1. The number of hydrogen-bond acceptors (Lipinski definition) is 4. The van der Waals surface area contributed by atoms with E-state index in [-0.39, 0.29) is 24.1 Å². The van der Waals surface area contributed by atoms with Gasteiger partial charge in [0.05, 0.1) is 18.8 Å². The van der Waals surface area contributed by atoms with Crippen LogP contribution < -0.4 is 4.72 Å². The van der Waals surface area contributed by atoms with Crippen molar-refractivity contribution in [3.63, 3.8) is 0 Å². The van der Waals surface area contributed by atoms with Crippen molar-refractivity contribution in [3.8, 4) is 0 Å². The van der Waals surface area contributed by atoms with Crippen molar-refractivity contribution in [2.75, 3.05) is 27.2 Å². The fraction of sp³-hybridized carbons (Fsp3) is 0.696. The minimum absolute atomic E-state index is 0.0365. The van der Waals surface area contributed by atoms with Gasteiger partial charge >= 0.3 is 0 Å². The molecule has 1 amide bonds. The van der Waals surface area contributed by atoms with E-state index in [4.69, 9.17) is 4.74 Å². The monoisotopic (exact) mass is 451 g/mol. The van der Waals surface area contributed by atoms with Gasteiger partial charge in [-0.1, -0.05) is 24.3 Å². The minimum Gasteiger partial charge on any atom is -0.376 e. The first kappa shape index (κ1) is 24.2. The van der Waals surface area contributed by atoms with Crippen LogP contribution in [0.2, 0.25) is 0 Å². The van der Waals surface area contributed by atoms with Crippen molar-refractivity contribution in [1.82, 2.24) is 13.9 Å². The number of likely N-dealkylation sites (tertiary alicyclic amines) is 1. The number of rotatable bonds is 7. The Morgan fingerprint density at radius 2 is 1.84 bits per heavy atom. The molecule has 0 aromatic heterocycles. The molecule has 2 atom stereocenters. The maximum absolute atomic E-state index is 12.4. The summed E-state index contributed by atoms with van der Waals surface area (Å²) in [6.45, 7) is 4.72. The maximum Gasteiger partial charge on any atom is 0.279 e. The van der Waals surface area contributed by atoms with Gasteiger partial charge in [0.15, 0.2) is 0 Å². The van der Waals surface area contributed by atoms with Crippen LogP contribution in [0.3, 0.4) is 0 Å². The van der Waals surface area contributed by atoms with Crippen molar-refractivity contribution in [3.05, 3.63) is 35.4 Å². The Hall–Kier alpha value is -1.48. The number of carbonyl (C=O) groups excluding carboxylic acids is 1. The van der Waals surface area contributed by atoms with Gasteiger partial charge in [-0.2, -0.15) is 17.4 Å². The second-order valence-corrected chi connectivity index (χ2v) is 11.0. The molecule has 1 heterocycles. The summed E-state index contributed by atoms with van der Waals surface area (Å²) < 4.78 is 35.0. The number of aryl methyl sites for hydroxylation is 1. The molecule has 0 unspecified atom stereocenters. The lowest BCUT2D eigenvalue weighted by Gasteiger charge is -2.42. The van der Waals surface area contributed by atoms with E-state index in [0.29, 0.717) is 25.5 Å². The molecule has 8 heteroatoms. The maximum atomic E-state index is 12.4. The Labute approximate surface area is 187 Å². The van der Waals surface area contributed by atoms with E-state index in [1.165, 1.54) is 29.5 Å². The van der Waals surface area contributed by atoms with Crippen LogP contribution in [0.4, 0.5) is 0 Å². The van der Waals surface area contributed by atoms with Gasteiger partial charge in [-0.25, -0.2) is 0 Å². The third-order valence-electron chi connectivity index (χ3n) is 6.77. The molecule has 1 saturated heterocycles. The number of ether oxygens (including phenoxy) is 1. The Kier molecular flexibility index (Phi) is 8.13. The zero-order chi connectivity index (χ0) is 22.6. The lowest BCUT2D eigenvalue weighted by Crippen LogP contribution is -2.59. The molecule has 174 valence electrons. The molecule has 7 nitrogen and oxygen atoms in total. The summed E-state index contributed by atoms with van der Waals surface area (Å²) >= 11 is 0. The highest BCUT2D eigenvalue weighted by molar-refractivity contribution is 7.87. The van der Waals surface area contributed by atoms with Crippen molar-refractivity contribution in [2.45, 2.75) is 76.5 Å². The normalized spacial score (nSPS) is 27.5. The molecular weight excluding hydrogens is 414 g/mol. The van der Waals surface area contributed by atoms with Crippen LogP contribution in [0.15, 0.2) is 24.3 Å². The van der Waals surface area contributed by atoms with E-state index in [0.717, 1.165) is 32.1 Å². The van der Waals surface area contributed by atoms with Crippen molar-refractivity contribution >= 4 is 16.1 Å². The summed E-state index contributed by atoms with van der Waals surface area (Å²) in [6.07, 6.45) is 5.78. The van der Waals surface area contributed by atoms with Crippen LogP contribution in [0.25, 0.3) is 0 Å². The second-order valence-electron chi connectivity index (χ2n) is 9.10. The summed E-state index contributed by atoms with van der Waals surface area (Å²) in [5.41, 5.74) is 2.79. The lowest BCUT2D eigenvalue weighted by atomic mass is 9.81. The van der Waals surface area contributed by atoms with Crippen molar-refractivity contribution in [1.29, 1.82) is 0 Å². The molecule has 1 saturated carbocycles. The van der Waals surface area contributed by atoms with E-state index in [2.05, 4.69) is 35.9 Å². The summed E-state index contributed by atoms with van der Waals surface area (Å²) in [7, 11) is -0.563. The number of nitrogens with one attached hydrogen (secondary N) is 1. The zero-order valence-electron chi connectivity index (χ0n) is 19.2. The molecule has 0 bridgehead atoms. The molecular formula is C23H37N3O4S. The smallest absolute Gasteiger partial charge is 0.279 e. The molecule has 3 rings (SSSR count). The van der Waals surface area contributed by atoms with Gasteiger partial charge in [-0.05, 0) is 62.5 Å². The molecule has 1 aliphatic carbocycles. The number of carbonyl (C=O) groups is 1. The van der Waals surface area contributed by atoms with E-state index < -0.39 is 10.2 Å². The molecule has 0 spiro atoms. The van der Waals surface area contributed by atoms with E-state index in [9.17, 15) is 13.2 Å². The molecule has 0 radical (unpaired) electrons. The number of nitrogens with zero attached hydrogens (tertiary/aromatic N) is 2. The van der Waals surface area contributed by atoms with Crippen molar-refractivity contribution < 1.29 is 17.9 Å². The van der Waals surface area contributed by atoms with E-state index >= 15 is 0 Å². The van der Waals surface area contributed by atoms with E-state index in [1.807, 2.05) is 0 Å². The highest BCUT2D eigenvalue weighted by atomic mass is 32.2. The third-order valence-corrected chi connectivity index (χ3v) is 8.33. The second kappa shape index (κ2) is 10.4. The molecule has 1 aromatic rings. The number of benzene rings is 1. The van der Waals surface area contributed by atoms with Gasteiger partial charge in [-0.15, -0.1) is 0 Å². The van der Waals surface area contributed by atoms with Gasteiger partial charge in [0, 0.05) is 33.6 Å². The van der Waals surface area contributed by atoms with Gasteiger partial charge in [-0.3, -0.25) is 4.79 Å². The fourth-order valence-corrected chi connectivity index (χ4v) is 5.78.